The molecule has 0 amide bonds. The van der Waals surface area contributed by atoms with Crippen molar-refractivity contribution in [3.63, 3.8) is 0 Å². The van der Waals surface area contributed by atoms with Gasteiger partial charge in [0.15, 0.2) is 0 Å². The molecule has 3 aromatic rings. The van der Waals surface area contributed by atoms with E-state index in [1.165, 1.54) is 22.3 Å². The van der Waals surface area contributed by atoms with Crippen molar-refractivity contribution < 1.29 is 0 Å². The van der Waals surface area contributed by atoms with E-state index in [9.17, 15) is 0 Å². The van der Waals surface area contributed by atoms with E-state index in [0.29, 0.717) is 0 Å². The van der Waals surface area contributed by atoms with Crippen molar-refractivity contribution in [1.29, 1.82) is 0 Å². The molecule has 0 radical (unpaired) electrons. The lowest BCUT2D eigenvalue weighted by atomic mass is 10.0. The third-order valence-corrected chi connectivity index (χ3v) is 9.22. The minimum absolute atomic E-state index is 1.26. The van der Waals surface area contributed by atoms with Gasteiger partial charge >= 0.3 is 0 Å². The van der Waals surface area contributed by atoms with Crippen LogP contribution in [0.5, 0.6) is 0 Å². The molecule has 3 aromatic carbocycles. The van der Waals surface area contributed by atoms with Crippen molar-refractivity contribution in [2.24, 2.45) is 0 Å². The molecule has 0 bridgehead atoms. The van der Waals surface area contributed by atoms with E-state index in [4.69, 9.17) is 0 Å². The van der Waals surface area contributed by atoms with Crippen LogP contribution in [0.3, 0.4) is 0 Å². The van der Waals surface area contributed by atoms with Crippen molar-refractivity contribution in [1.82, 2.24) is 0 Å². The van der Waals surface area contributed by atoms with Gasteiger partial charge < -0.3 is 0 Å². The molecule has 0 aliphatic heterocycles. The highest BCUT2D eigenvalue weighted by Crippen LogP contribution is 2.24. The highest BCUT2D eigenvalue weighted by molar-refractivity contribution is 6.93. The lowest BCUT2D eigenvalue weighted by Crippen LogP contribution is -2.49. The van der Waals surface area contributed by atoms with E-state index in [2.05, 4.69) is 124 Å². The third kappa shape index (κ3) is 4.63. The van der Waals surface area contributed by atoms with Gasteiger partial charge in [0.1, 0.15) is 0 Å². The summed E-state index contributed by atoms with van der Waals surface area (Å²) in [4.78, 5) is 0. The summed E-state index contributed by atoms with van der Waals surface area (Å²) in [5.74, 6) is 0. The Morgan fingerprint density at radius 3 is 1.68 bits per heavy atom. The van der Waals surface area contributed by atoms with Gasteiger partial charge in [-0.25, -0.2) is 0 Å². The van der Waals surface area contributed by atoms with Crippen LogP contribution in [0.2, 0.25) is 39.3 Å². The number of hydrogen-bond acceptors (Lipinski definition) is 0. The largest absolute Gasteiger partial charge is 0.0791 e. The molecular formula is C26H32Si2. The summed E-state index contributed by atoms with van der Waals surface area (Å²) >= 11 is 0. The topological polar surface area (TPSA) is 0 Å². The SMILES string of the molecule is C[Si](C)(C)c1ccc(-c2ccccc2)c([Si](C)(C)C)c1/C=C/c1ccccc1. The van der Waals surface area contributed by atoms with Gasteiger partial charge in [-0.15, -0.1) is 0 Å². The maximum absolute atomic E-state index is 2.47. The number of benzene rings is 3. The molecule has 0 aliphatic rings. The molecule has 0 saturated heterocycles. The van der Waals surface area contributed by atoms with Crippen molar-refractivity contribution >= 4 is 38.7 Å². The molecule has 0 saturated carbocycles. The minimum Gasteiger partial charge on any atom is -0.0656 e. The van der Waals surface area contributed by atoms with Crippen LogP contribution >= 0.6 is 0 Å². The second kappa shape index (κ2) is 8.06. The van der Waals surface area contributed by atoms with Crippen LogP contribution in [-0.2, 0) is 0 Å². The summed E-state index contributed by atoms with van der Waals surface area (Å²) in [7, 11) is -3.06. The summed E-state index contributed by atoms with van der Waals surface area (Å²) in [5.41, 5.74) is 5.48. The van der Waals surface area contributed by atoms with E-state index in [1.807, 2.05) is 0 Å². The van der Waals surface area contributed by atoms with Crippen LogP contribution < -0.4 is 10.4 Å². The van der Waals surface area contributed by atoms with E-state index >= 15 is 0 Å². The normalized spacial score (nSPS) is 12.5. The summed E-state index contributed by atoms with van der Waals surface area (Å²) in [6.45, 7) is 14.8. The Morgan fingerprint density at radius 1 is 0.571 bits per heavy atom. The molecule has 0 aromatic heterocycles. The van der Waals surface area contributed by atoms with Crippen LogP contribution in [0, 0.1) is 0 Å². The monoisotopic (exact) mass is 400 g/mol. The molecule has 2 heteroatoms. The predicted molar refractivity (Wildman–Crippen MR) is 133 cm³/mol. The summed E-state index contributed by atoms with van der Waals surface area (Å²) in [6, 6.07) is 26.3. The van der Waals surface area contributed by atoms with Gasteiger partial charge in [0, 0.05) is 0 Å². The van der Waals surface area contributed by atoms with Gasteiger partial charge in [-0.2, -0.15) is 0 Å². The van der Waals surface area contributed by atoms with Crippen LogP contribution in [0.4, 0.5) is 0 Å². The summed E-state index contributed by atoms with van der Waals surface area (Å²) in [5, 5.41) is 3.16. The molecule has 0 fully saturated rings. The van der Waals surface area contributed by atoms with Crippen LogP contribution in [0.15, 0.2) is 72.8 Å². The highest BCUT2D eigenvalue weighted by Gasteiger charge is 2.29. The van der Waals surface area contributed by atoms with Crippen molar-refractivity contribution in [3.8, 4) is 11.1 Å². The summed E-state index contributed by atoms with van der Waals surface area (Å²) in [6.07, 6.45) is 4.68. The molecule has 0 aliphatic carbocycles. The maximum atomic E-state index is 2.47. The lowest BCUT2D eigenvalue weighted by molar-refractivity contribution is 1.60. The molecule has 144 valence electrons. The first kappa shape index (κ1) is 20.6. The average molecular weight is 401 g/mol. The Bertz CT molecular complexity index is 957. The van der Waals surface area contributed by atoms with Crippen LogP contribution in [0.25, 0.3) is 23.3 Å². The molecule has 0 atom stereocenters. The van der Waals surface area contributed by atoms with Crippen LogP contribution in [-0.4, -0.2) is 16.1 Å². The summed E-state index contributed by atoms with van der Waals surface area (Å²) < 4.78 is 0. The fourth-order valence-corrected chi connectivity index (χ4v) is 7.64. The fraction of sp³-hybridized carbons (Fsp3) is 0.231. The first-order valence-electron chi connectivity index (χ1n) is 10.1. The third-order valence-electron chi connectivity index (χ3n) is 5.13. The Kier molecular flexibility index (Phi) is 5.92. The zero-order valence-corrected chi connectivity index (χ0v) is 20.1. The number of rotatable bonds is 5. The van der Waals surface area contributed by atoms with Crippen molar-refractivity contribution in [2.45, 2.75) is 39.3 Å². The van der Waals surface area contributed by atoms with E-state index in [-0.39, 0.29) is 0 Å². The average Bonchev–Trinajstić information content (AvgIpc) is 2.65. The standard InChI is InChI=1S/C26H32Si2/c1-27(2,3)25-20-19-23(22-15-11-8-12-16-22)26(28(4,5)6)24(25)18-17-21-13-9-7-10-14-21/h7-20H,1-6H3/b18-17+. The Balaban J connectivity index is 2.30. The van der Waals surface area contributed by atoms with Crippen LogP contribution in [0.1, 0.15) is 11.1 Å². The Labute approximate surface area is 173 Å². The molecule has 28 heavy (non-hydrogen) atoms. The Morgan fingerprint density at radius 2 is 1.14 bits per heavy atom. The lowest BCUT2D eigenvalue weighted by Gasteiger charge is -2.30. The molecule has 0 spiro atoms. The fourth-order valence-electron chi connectivity index (χ4n) is 3.86. The molecule has 3 rings (SSSR count). The smallest absolute Gasteiger partial charge is 0.0656 e. The molecule has 0 N–H and O–H groups in total. The van der Waals surface area contributed by atoms with Gasteiger partial charge in [0.05, 0.1) is 16.1 Å². The van der Waals surface area contributed by atoms with E-state index < -0.39 is 16.1 Å². The number of hydrogen-bond donors (Lipinski definition) is 0. The first-order chi connectivity index (χ1) is 13.2. The van der Waals surface area contributed by atoms with Gasteiger partial charge in [-0.3, -0.25) is 0 Å². The minimum atomic E-state index is -1.58. The van der Waals surface area contributed by atoms with E-state index in [0.717, 1.165) is 0 Å². The van der Waals surface area contributed by atoms with E-state index in [1.54, 1.807) is 10.4 Å². The second-order valence-corrected chi connectivity index (χ2v) is 19.6. The van der Waals surface area contributed by atoms with Gasteiger partial charge in [0.25, 0.3) is 0 Å². The second-order valence-electron chi connectivity index (χ2n) is 9.56. The van der Waals surface area contributed by atoms with Crippen molar-refractivity contribution in [2.75, 3.05) is 0 Å². The zero-order valence-electron chi connectivity index (χ0n) is 18.1. The van der Waals surface area contributed by atoms with Gasteiger partial charge in [-0.05, 0) is 27.4 Å². The highest BCUT2D eigenvalue weighted by atomic mass is 28.3. The Hall–Kier alpha value is -2.17. The molecule has 0 unspecified atom stereocenters. The molecule has 0 heterocycles. The van der Waals surface area contributed by atoms with Crippen molar-refractivity contribution in [3.05, 3.63) is 83.9 Å². The molecular weight excluding hydrogens is 368 g/mol. The quantitative estimate of drug-likeness (QED) is 0.334. The van der Waals surface area contributed by atoms with Gasteiger partial charge in [-0.1, -0.05) is 129 Å². The maximum Gasteiger partial charge on any atom is 0.0791 e. The first-order valence-corrected chi connectivity index (χ1v) is 17.1. The van der Waals surface area contributed by atoms with Gasteiger partial charge in [0.2, 0.25) is 0 Å². The zero-order chi connectivity index (χ0) is 20.4. The predicted octanol–water partition coefficient (Wildman–Crippen LogP) is 6.61. The molecule has 0 nitrogen and oxygen atoms in total.